The molecule has 4 N–H and O–H groups in total. The molecule has 48 heavy (non-hydrogen) atoms. The number of ether oxygens (including phenoxy) is 1. The van der Waals surface area contributed by atoms with Crippen LogP contribution in [0.5, 0.6) is 5.75 Å². The molecule has 3 aromatic rings. The number of aromatic hydroxyl groups is 1. The second-order valence-electron chi connectivity index (χ2n) is 13.0. The van der Waals surface area contributed by atoms with Crippen LogP contribution in [0.3, 0.4) is 0 Å². The minimum Gasteiger partial charge on any atom is -0.508 e. The Morgan fingerprint density at radius 1 is 0.938 bits per heavy atom. The molecule has 1 aliphatic rings. The number of carbonyl (C=O) groups excluding carboxylic acids is 4. The number of nitrogens with one attached hydrogen (secondary N) is 3. The van der Waals surface area contributed by atoms with Gasteiger partial charge in [0.05, 0.1) is 23.2 Å². The van der Waals surface area contributed by atoms with Crippen LogP contribution in [0.4, 0.5) is 0 Å². The van der Waals surface area contributed by atoms with E-state index in [2.05, 4.69) is 53.6 Å². The Bertz CT molecular complexity index is 1690. The number of aromatic nitrogens is 1. The van der Waals surface area contributed by atoms with E-state index in [-0.39, 0.29) is 30.4 Å². The number of allylic oxidation sites excluding steroid dienone is 2. The topological polar surface area (TPSA) is 141 Å². The number of benzene rings is 2. The number of cyclic esters (lactones) is 1. The quantitative estimate of drug-likeness (QED) is 0.177. The average molecular weight is 789 g/mol. The molecule has 1 aromatic heterocycles. The number of halogens is 2. The second-order valence-corrected chi connectivity index (χ2v) is 14.7. The fourth-order valence-corrected chi connectivity index (χ4v) is 7.25. The van der Waals surface area contributed by atoms with E-state index in [1.54, 1.807) is 26.1 Å². The molecule has 12 heteroatoms. The van der Waals surface area contributed by atoms with Crippen LogP contribution in [0, 0.1) is 11.8 Å². The number of aromatic amines is 1. The summed E-state index contributed by atoms with van der Waals surface area (Å²) < 4.78 is 7.34. The molecule has 6 unspecified atom stereocenters. The highest BCUT2D eigenvalue weighted by Gasteiger charge is 2.34. The molecule has 10 nitrogen and oxygen atoms in total. The third kappa shape index (κ3) is 9.49. The third-order valence-corrected chi connectivity index (χ3v) is 9.89. The maximum Gasteiger partial charge on any atom is 0.308 e. The van der Waals surface area contributed by atoms with E-state index in [9.17, 15) is 24.3 Å². The number of fused-ring (bicyclic) bond motifs is 1. The van der Waals surface area contributed by atoms with Crippen molar-refractivity contribution in [2.24, 2.45) is 11.8 Å². The normalized spacial score (nSPS) is 25.8. The van der Waals surface area contributed by atoms with E-state index in [0.717, 1.165) is 26.5 Å². The predicted molar refractivity (Wildman–Crippen MR) is 192 cm³/mol. The maximum absolute atomic E-state index is 14.3. The summed E-state index contributed by atoms with van der Waals surface area (Å²) in [5.74, 6) is -1.96. The lowest BCUT2D eigenvalue weighted by Crippen LogP contribution is -2.55. The SMILES string of the molecule is CC1=CC(C)CC(C)OC(=O)CC(c2ccc(O)cc2)NC(=O)C(Cc2c(Br)[nH]c3cc(Br)ccc23)N(C)C(=O)C(C)NC(=O)C(C)C1. The van der Waals surface area contributed by atoms with Crippen LogP contribution in [0.15, 0.2) is 63.2 Å². The van der Waals surface area contributed by atoms with Crippen LogP contribution in [-0.4, -0.2) is 63.9 Å². The number of esters is 1. The molecule has 0 saturated heterocycles. The van der Waals surface area contributed by atoms with Gasteiger partial charge in [0.1, 0.15) is 17.8 Å². The summed E-state index contributed by atoms with van der Waals surface area (Å²) in [4.78, 5) is 59.4. The first-order valence-electron chi connectivity index (χ1n) is 16.1. The highest BCUT2D eigenvalue weighted by atomic mass is 79.9. The van der Waals surface area contributed by atoms with Gasteiger partial charge < -0.3 is 30.4 Å². The first kappa shape index (κ1) is 37.2. The van der Waals surface area contributed by atoms with Gasteiger partial charge in [0, 0.05) is 34.8 Å². The summed E-state index contributed by atoms with van der Waals surface area (Å²) >= 11 is 7.11. The van der Waals surface area contributed by atoms with Crippen molar-refractivity contribution in [2.45, 2.75) is 84.5 Å². The van der Waals surface area contributed by atoms with Crippen LogP contribution < -0.4 is 10.6 Å². The van der Waals surface area contributed by atoms with Gasteiger partial charge in [-0.3, -0.25) is 19.2 Å². The number of rotatable bonds is 3. The number of hydrogen-bond donors (Lipinski definition) is 4. The molecule has 0 fully saturated rings. The highest BCUT2D eigenvalue weighted by Crippen LogP contribution is 2.31. The minimum atomic E-state index is -1.03. The Morgan fingerprint density at radius 2 is 1.62 bits per heavy atom. The van der Waals surface area contributed by atoms with Crippen molar-refractivity contribution in [3.8, 4) is 5.75 Å². The molecule has 0 saturated carbocycles. The van der Waals surface area contributed by atoms with Crippen LogP contribution in [0.1, 0.15) is 71.0 Å². The van der Waals surface area contributed by atoms with E-state index in [1.807, 2.05) is 45.9 Å². The molecule has 2 heterocycles. The zero-order valence-electron chi connectivity index (χ0n) is 28.1. The highest BCUT2D eigenvalue weighted by molar-refractivity contribution is 9.10. The summed E-state index contributed by atoms with van der Waals surface area (Å²) in [6.45, 7) is 9.26. The summed E-state index contributed by atoms with van der Waals surface area (Å²) in [7, 11) is 1.54. The number of H-pyrrole nitrogens is 1. The van der Waals surface area contributed by atoms with Gasteiger partial charge in [-0.2, -0.15) is 0 Å². The molecule has 258 valence electrons. The molecular weight excluding hydrogens is 744 g/mol. The molecule has 0 radical (unpaired) electrons. The maximum atomic E-state index is 14.3. The fourth-order valence-electron chi connectivity index (χ4n) is 6.30. The Balaban J connectivity index is 1.75. The van der Waals surface area contributed by atoms with E-state index in [4.69, 9.17) is 4.74 Å². The van der Waals surface area contributed by atoms with E-state index in [1.165, 1.54) is 17.0 Å². The molecule has 3 amide bonds. The number of amides is 3. The number of phenols is 1. The lowest BCUT2D eigenvalue weighted by atomic mass is 9.95. The Morgan fingerprint density at radius 3 is 2.31 bits per heavy atom. The summed E-state index contributed by atoms with van der Waals surface area (Å²) in [6.07, 6.45) is 2.73. The van der Waals surface area contributed by atoms with Gasteiger partial charge in [-0.15, -0.1) is 0 Å². The summed E-state index contributed by atoms with van der Waals surface area (Å²) in [5, 5.41) is 16.7. The molecular formula is C36H44Br2N4O6. The van der Waals surface area contributed by atoms with E-state index >= 15 is 0 Å². The zero-order chi connectivity index (χ0) is 35.3. The van der Waals surface area contributed by atoms with Gasteiger partial charge in [-0.1, -0.05) is 59.6 Å². The average Bonchev–Trinajstić information content (AvgIpc) is 3.31. The van der Waals surface area contributed by atoms with E-state index in [0.29, 0.717) is 23.0 Å². The van der Waals surface area contributed by atoms with Crippen LogP contribution in [0.2, 0.25) is 0 Å². The van der Waals surface area contributed by atoms with Crippen molar-refractivity contribution in [3.05, 3.63) is 74.3 Å². The van der Waals surface area contributed by atoms with Crippen LogP contribution in [0.25, 0.3) is 10.9 Å². The van der Waals surface area contributed by atoms with Gasteiger partial charge in [-0.05, 0) is 90.9 Å². The van der Waals surface area contributed by atoms with Gasteiger partial charge in [0.2, 0.25) is 17.7 Å². The lowest BCUT2D eigenvalue weighted by Gasteiger charge is -2.31. The van der Waals surface area contributed by atoms with Gasteiger partial charge in [0.15, 0.2) is 0 Å². The third-order valence-electron chi connectivity index (χ3n) is 8.72. The first-order valence-corrected chi connectivity index (χ1v) is 17.7. The molecule has 0 bridgehead atoms. The fraction of sp³-hybridized carbons (Fsp3) is 0.444. The number of hydrogen-bond acceptors (Lipinski definition) is 6. The summed E-state index contributed by atoms with van der Waals surface area (Å²) in [6, 6.07) is 9.25. The van der Waals surface area contributed by atoms with Crippen LogP contribution >= 0.6 is 31.9 Å². The molecule has 2 aromatic carbocycles. The Kier molecular flexibility index (Phi) is 12.5. The second kappa shape index (κ2) is 16.2. The number of nitrogens with zero attached hydrogens (tertiary/aromatic N) is 1. The smallest absolute Gasteiger partial charge is 0.308 e. The molecule has 0 spiro atoms. The van der Waals surface area contributed by atoms with Crippen LogP contribution in [-0.2, 0) is 30.3 Å². The summed E-state index contributed by atoms with van der Waals surface area (Å²) in [5.41, 5.74) is 3.23. The number of likely N-dealkylation sites (N-methyl/N-ethyl adjacent to an activating group) is 1. The van der Waals surface area contributed by atoms with Gasteiger partial charge >= 0.3 is 5.97 Å². The minimum absolute atomic E-state index is 0.0408. The first-order chi connectivity index (χ1) is 22.6. The Labute approximate surface area is 298 Å². The molecule has 1 aliphatic heterocycles. The van der Waals surface area contributed by atoms with Crippen molar-refractivity contribution in [1.82, 2.24) is 20.5 Å². The predicted octanol–water partition coefficient (Wildman–Crippen LogP) is 6.46. The monoisotopic (exact) mass is 786 g/mol. The van der Waals surface area contributed by atoms with Gasteiger partial charge in [0.25, 0.3) is 0 Å². The van der Waals surface area contributed by atoms with Crippen molar-refractivity contribution in [1.29, 1.82) is 0 Å². The largest absolute Gasteiger partial charge is 0.508 e. The van der Waals surface area contributed by atoms with Crippen molar-refractivity contribution in [3.63, 3.8) is 0 Å². The molecule has 0 aliphatic carbocycles. The van der Waals surface area contributed by atoms with E-state index < -0.39 is 47.9 Å². The van der Waals surface area contributed by atoms with Gasteiger partial charge in [-0.25, -0.2) is 0 Å². The number of phenolic OH excluding ortho intramolecular Hbond substituents is 1. The van der Waals surface area contributed by atoms with Crippen molar-refractivity contribution >= 4 is 66.5 Å². The lowest BCUT2D eigenvalue weighted by molar-refractivity contribution is -0.149. The van der Waals surface area contributed by atoms with Crippen molar-refractivity contribution < 1.29 is 29.0 Å². The Hall–Kier alpha value is -3.64. The molecule has 6 atom stereocenters. The van der Waals surface area contributed by atoms with Crippen molar-refractivity contribution in [2.75, 3.05) is 7.05 Å². The number of carbonyl (C=O) groups is 4. The standard InChI is InChI=1S/C36H44Br2N4O6/c1-19-13-20(2)15-22(4)48-32(44)18-29(24-7-10-26(43)11-8-24)41-35(46)31(42(6)36(47)23(5)39-34(45)21(3)14-19)17-28-27-12-9-25(37)16-30(27)40-33(28)38/h7-13,16,20-23,29,31,40,43H,14-15,17-18H2,1-6H3,(H,39,45)(H,41,46). The zero-order valence-corrected chi connectivity index (χ0v) is 31.3. The molecule has 4 rings (SSSR count).